The van der Waals surface area contributed by atoms with Gasteiger partial charge in [-0.25, -0.2) is 0 Å². The molecular weight excluding hydrogens is 254 g/mol. The lowest BCUT2D eigenvalue weighted by molar-refractivity contribution is 0.817. The molecule has 0 saturated heterocycles. The molecule has 2 aromatic rings. The van der Waals surface area contributed by atoms with Crippen molar-refractivity contribution < 1.29 is 0 Å². The van der Waals surface area contributed by atoms with Gasteiger partial charge in [0.2, 0.25) is 0 Å². The van der Waals surface area contributed by atoms with Gasteiger partial charge in [-0.05, 0) is 30.3 Å². The molecule has 1 aromatic heterocycles. The van der Waals surface area contributed by atoms with E-state index in [1.54, 1.807) is 10.6 Å². The number of aromatic nitrogens is 1. The fourth-order valence-electron chi connectivity index (χ4n) is 1.46. The number of hydrogen-bond acceptors (Lipinski definition) is 3. The van der Waals surface area contributed by atoms with Crippen molar-refractivity contribution in [1.82, 2.24) is 4.57 Å². The van der Waals surface area contributed by atoms with E-state index in [1.807, 2.05) is 31.3 Å². The van der Waals surface area contributed by atoms with E-state index in [9.17, 15) is 0 Å². The fourth-order valence-corrected chi connectivity index (χ4v) is 2.49. The molecular formula is C12H10ClN3S. The predicted octanol–water partition coefficient (Wildman–Crippen LogP) is 3.28. The van der Waals surface area contributed by atoms with Gasteiger partial charge in [-0.3, -0.25) is 0 Å². The quantitative estimate of drug-likeness (QED) is 0.905. The highest BCUT2D eigenvalue weighted by Crippen LogP contribution is 2.34. The summed E-state index contributed by atoms with van der Waals surface area (Å²) in [6, 6.07) is 11.3. The van der Waals surface area contributed by atoms with Crippen LogP contribution in [0.25, 0.3) is 0 Å². The van der Waals surface area contributed by atoms with Gasteiger partial charge in [0.05, 0.1) is 5.69 Å². The minimum atomic E-state index is 0.555. The third-order valence-electron chi connectivity index (χ3n) is 2.35. The first-order valence-electron chi connectivity index (χ1n) is 4.90. The molecule has 0 aliphatic heterocycles. The van der Waals surface area contributed by atoms with Gasteiger partial charge in [-0.2, -0.15) is 5.26 Å². The van der Waals surface area contributed by atoms with Gasteiger partial charge < -0.3 is 10.3 Å². The van der Waals surface area contributed by atoms with Crippen LogP contribution in [0.3, 0.4) is 0 Å². The summed E-state index contributed by atoms with van der Waals surface area (Å²) in [6.45, 7) is 0. The van der Waals surface area contributed by atoms with Crippen LogP contribution in [0.15, 0.2) is 40.3 Å². The van der Waals surface area contributed by atoms with E-state index in [0.29, 0.717) is 16.4 Å². The van der Waals surface area contributed by atoms with Crippen LogP contribution in [0.2, 0.25) is 5.02 Å². The maximum Gasteiger partial charge on any atom is 0.122 e. The molecule has 17 heavy (non-hydrogen) atoms. The Kier molecular flexibility index (Phi) is 3.32. The third kappa shape index (κ3) is 2.41. The highest BCUT2D eigenvalue weighted by Gasteiger charge is 2.11. The second-order valence-electron chi connectivity index (χ2n) is 3.52. The lowest BCUT2D eigenvalue weighted by atomic mass is 10.4. The first-order chi connectivity index (χ1) is 8.11. The van der Waals surface area contributed by atoms with Crippen LogP contribution in [0, 0.1) is 11.3 Å². The number of hydrogen-bond donors (Lipinski definition) is 1. The fraction of sp³-hybridized carbons (Fsp3) is 0.0833. The summed E-state index contributed by atoms with van der Waals surface area (Å²) < 4.78 is 1.79. The summed E-state index contributed by atoms with van der Waals surface area (Å²) in [5, 5.41) is 10.5. The normalized spacial score (nSPS) is 10.2. The largest absolute Gasteiger partial charge is 0.397 e. The van der Waals surface area contributed by atoms with Gasteiger partial charge in [0, 0.05) is 17.0 Å². The standard InChI is InChI=1S/C12H10ClN3S/c1-16-9(7-14)6-11(15)12(16)17-10-4-2-8(13)3-5-10/h2-6H,15H2,1H3. The van der Waals surface area contributed by atoms with E-state index < -0.39 is 0 Å². The maximum absolute atomic E-state index is 8.91. The second-order valence-corrected chi connectivity index (χ2v) is 5.02. The molecule has 0 fully saturated rings. The highest BCUT2D eigenvalue weighted by molar-refractivity contribution is 7.99. The third-order valence-corrected chi connectivity index (χ3v) is 3.81. The van der Waals surface area contributed by atoms with Gasteiger partial charge in [0.1, 0.15) is 16.8 Å². The van der Waals surface area contributed by atoms with E-state index in [1.165, 1.54) is 11.8 Å². The monoisotopic (exact) mass is 263 g/mol. The van der Waals surface area contributed by atoms with E-state index >= 15 is 0 Å². The maximum atomic E-state index is 8.91. The Morgan fingerprint density at radius 2 is 2.00 bits per heavy atom. The summed E-state index contributed by atoms with van der Waals surface area (Å²) in [6.07, 6.45) is 0. The van der Waals surface area contributed by atoms with E-state index in [-0.39, 0.29) is 0 Å². The van der Waals surface area contributed by atoms with Crippen molar-refractivity contribution in [2.75, 3.05) is 5.73 Å². The predicted molar refractivity (Wildman–Crippen MR) is 70.1 cm³/mol. The Hall–Kier alpha value is -1.57. The SMILES string of the molecule is Cn1c(C#N)cc(N)c1Sc1ccc(Cl)cc1. The van der Waals surface area contributed by atoms with Crippen molar-refractivity contribution in [3.63, 3.8) is 0 Å². The summed E-state index contributed by atoms with van der Waals surface area (Å²) in [5.74, 6) is 0. The molecule has 0 atom stereocenters. The second kappa shape index (κ2) is 4.74. The van der Waals surface area contributed by atoms with Gasteiger partial charge in [0.15, 0.2) is 0 Å². The highest BCUT2D eigenvalue weighted by atomic mass is 35.5. The van der Waals surface area contributed by atoms with Crippen LogP contribution in [-0.2, 0) is 7.05 Å². The average Bonchev–Trinajstić information content (AvgIpc) is 2.59. The summed E-state index contributed by atoms with van der Waals surface area (Å²) >= 11 is 7.34. The molecule has 1 aromatic carbocycles. The average molecular weight is 264 g/mol. The molecule has 2 N–H and O–H groups in total. The first-order valence-corrected chi connectivity index (χ1v) is 6.10. The summed E-state index contributed by atoms with van der Waals surface area (Å²) in [7, 11) is 1.83. The number of nitrogens with two attached hydrogens (primary N) is 1. The zero-order valence-electron chi connectivity index (χ0n) is 9.14. The molecule has 0 radical (unpaired) electrons. The minimum Gasteiger partial charge on any atom is -0.397 e. The number of halogens is 1. The van der Waals surface area contributed by atoms with Crippen molar-refractivity contribution >= 4 is 29.1 Å². The van der Waals surface area contributed by atoms with Gasteiger partial charge in [0.25, 0.3) is 0 Å². The van der Waals surface area contributed by atoms with Crippen LogP contribution >= 0.6 is 23.4 Å². The minimum absolute atomic E-state index is 0.555. The number of nitriles is 1. The molecule has 0 aliphatic rings. The number of nitrogen functional groups attached to an aromatic ring is 1. The molecule has 3 nitrogen and oxygen atoms in total. The Bertz CT molecular complexity index is 581. The van der Waals surface area contributed by atoms with Crippen molar-refractivity contribution in [3.05, 3.63) is 41.0 Å². The van der Waals surface area contributed by atoms with Gasteiger partial charge in [-0.15, -0.1) is 0 Å². The topological polar surface area (TPSA) is 54.7 Å². The molecule has 0 bridgehead atoms. The Morgan fingerprint density at radius 1 is 1.35 bits per heavy atom. The van der Waals surface area contributed by atoms with Crippen molar-refractivity contribution in [3.8, 4) is 6.07 Å². The van der Waals surface area contributed by atoms with Crippen molar-refractivity contribution in [2.24, 2.45) is 7.05 Å². The van der Waals surface area contributed by atoms with Crippen LogP contribution in [0.4, 0.5) is 5.69 Å². The van der Waals surface area contributed by atoms with Gasteiger partial charge >= 0.3 is 0 Å². The zero-order chi connectivity index (χ0) is 12.4. The van der Waals surface area contributed by atoms with Crippen molar-refractivity contribution in [1.29, 1.82) is 5.26 Å². The number of nitrogens with zero attached hydrogens (tertiary/aromatic N) is 2. The molecule has 86 valence electrons. The van der Waals surface area contributed by atoms with E-state index in [2.05, 4.69) is 6.07 Å². The Labute approximate surface area is 109 Å². The first kappa shape index (κ1) is 11.9. The molecule has 0 amide bonds. The van der Waals surface area contributed by atoms with Crippen LogP contribution in [0.1, 0.15) is 5.69 Å². The van der Waals surface area contributed by atoms with Crippen molar-refractivity contribution in [2.45, 2.75) is 9.92 Å². The summed E-state index contributed by atoms with van der Waals surface area (Å²) in [4.78, 5) is 1.03. The lowest BCUT2D eigenvalue weighted by Gasteiger charge is -2.05. The molecule has 0 unspecified atom stereocenters. The Morgan fingerprint density at radius 3 is 2.53 bits per heavy atom. The lowest BCUT2D eigenvalue weighted by Crippen LogP contribution is -1.94. The van der Waals surface area contributed by atoms with Gasteiger partial charge in [-0.1, -0.05) is 23.4 Å². The van der Waals surface area contributed by atoms with E-state index in [4.69, 9.17) is 22.6 Å². The summed E-state index contributed by atoms with van der Waals surface area (Å²) in [5.41, 5.74) is 7.05. The smallest absolute Gasteiger partial charge is 0.122 e. The van der Waals surface area contributed by atoms with E-state index in [0.717, 1.165) is 9.92 Å². The molecule has 0 spiro atoms. The molecule has 5 heteroatoms. The number of benzene rings is 1. The molecule has 2 rings (SSSR count). The molecule has 0 saturated carbocycles. The van der Waals surface area contributed by atoms with Crippen LogP contribution < -0.4 is 5.73 Å². The number of rotatable bonds is 2. The molecule has 1 heterocycles. The zero-order valence-corrected chi connectivity index (χ0v) is 10.7. The van der Waals surface area contributed by atoms with Crippen LogP contribution in [0.5, 0.6) is 0 Å². The Balaban J connectivity index is 2.33. The van der Waals surface area contributed by atoms with Crippen LogP contribution in [-0.4, -0.2) is 4.57 Å². The number of anilines is 1. The molecule has 0 aliphatic carbocycles.